The fraction of sp³-hybridized carbons (Fsp3) is 0.350. The van der Waals surface area contributed by atoms with Gasteiger partial charge in [-0.15, -0.1) is 0 Å². The van der Waals surface area contributed by atoms with Crippen LogP contribution in [0.25, 0.3) is 22.6 Å². The maximum absolute atomic E-state index is 12.8. The summed E-state index contributed by atoms with van der Waals surface area (Å²) in [6.45, 7) is 3.81. The molecule has 0 saturated heterocycles. The highest BCUT2D eigenvalue weighted by Crippen LogP contribution is 2.45. The maximum Gasteiger partial charge on any atom is 0.387 e. The summed E-state index contributed by atoms with van der Waals surface area (Å²) in [6, 6.07) is 8.41. The number of nitrogens with zero attached hydrogens (tertiary/aromatic N) is 3. The first-order valence-corrected chi connectivity index (χ1v) is 8.82. The molecule has 0 spiro atoms. The molecule has 1 unspecified atom stereocenters. The number of pyridine rings is 1. The van der Waals surface area contributed by atoms with Crippen LogP contribution in [0.4, 0.5) is 8.78 Å². The lowest BCUT2D eigenvalue weighted by atomic mass is 9.74. The molecule has 1 atom stereocenters. The van der Waals surface area contributed by atoms with E-state index in [-0.39, 0.29) is 22.6 Å². The van der Waals surface area contributed by atoms with Crippen LogP contribution in [0, 0.1) is 16.7 Å². The van der Waals surface area contributed by atoms with Crippen LogP contribution in [0.1, 0.15) is 37.8 Å². The number of aromatic amines is 1. The second kappa shape index (κ2) is 6.16. The summed E-state index contributed by atoms with van der Waals surface area (Å²) < 4.78 is 32.1. The molecule has 6 nitrogen and oxygen atoms in total. The highest BCUT2D eigenvalue weighted by molar-refractivity contribution is 5.86. The third kappa shape index (κ3) is 2.74. The molecule has 4 rings (SSSR count). The number of nitrogens with one attached hydrogen (secondary N) is 1. The Morgan fingerprint density at radius 3 is 2.79 bits per heavy atom. The molecule has 8 heteroatoms. The van der Waals surface area contributed by atoms with Crippen molar-refractivity contribution in [2.75, 3.05) is 0 Å². The molecule has 2 aromatic heterocycles. The smallest absolute Gasteiger partial charge is 0.387 e. The fourth-order valence-electron chi connectivity index (χ4n) is 3.80. The van der Waals surface area contributed by atoms with Crippen LogP contribution in [0.5, 0.6) is 5.75 Å². The van der Waals surface area contributed by atoms with Gasteiger partial charge >= 0.3 is 6.61 Å². The number of alkyl halides is 2. The van der Waals surface area contributed by atoms with Crippen molar-refractivity contribution in [2.45, 2.75) is 39.8 Å². The number of ether oxygens (including phenoxy) is 1. The minimum atomic E-state index is -2.96. The summed E-state index contributed by atoms with van der Waals surface area (Å²) >= 11 is 0. The molecule has 3 heterocycles. The number of hydrogen-bond acceptors (Lipinski definition) is 4. The van der Waals surface area contributed by atoms with E-state index in [1.165, 1.54) is 6.07 Å². The largest absolute Gasteiger partial charge is 0.432 e. The predicted molar refractivity (Wildman–Crippen MR) is 99.3 cm³/mol. The average molecular weight is 384 g/mol. The van der Waals surface area contributed by atoms with Crippen molar-refractivity contribution in [1.29, 1.82) is 5.26 Å². The molecule has 0 saturated carbocycles. The van der Waals surface area contributed by atoms with Crippen molar-refractivity contribution in [2.24, 2.45) is 5.41 Å². The Hall–Kier alpha value is -3.21. The molecule has 0 fully saturated rings. The van der Waals surface area contributed by atoms with Gasteiger partial charge in [-0.2, -0.15) is 14.0 Å². The van der Waals surface area contributed by atoms with Crippen molar-refractivity contribution in [3.63, 3.8) is 0 Å². The first-order valence-electron chi connectivity index (χ1n) is 8.82. The Bertz CT molecular complexity index is 1180. The van der Waals surface area contributed by atoms with Crippen LogP contribution in [0.2, 0.25) is 0 Å². The molecular weight excluding hydrogens is 366 g/mol. The lowest BCUT2D eigenvalue weighted by Crippen LogP contribution is -2.30. The summed E-state index contributed by atoms with van der Waals surface area (Å²) in [7, 11) is 0. The van der Waals surface area contributed by atoms with Crippen molar-refractivity contribution in [1.82, 2.24) is 14.5 Å². The van der Waals surface area contributed by atoms with Crippen LogP contribution in [-0.2, 0) is 6.54 Å². The zero-order valence-corrected chi connectivity index (χ0v) is 15.6. The Morgan fingerprint density at radius 1 is 1.39 bits per heavy atom. The van der Waals surface area contributed by atoms with Gasteiger partial charge in [-0.3, -0.25) is 4.79 Å². The number of halogens is 2. The number of nitriles is 1. The Balaban J connectivity index is 2.03. The van der Waals surface area contributed by atoms with E-state index in [4.69, 9.17) is 0 Å². The minimum Gasteiger partial charge on any atom is -0.432 e. The normalized spacial score (nSPS) is 16.0. The second-order valence-electron chi connectivity index (χ2n) is 7.92. The highest BCUT2D eigenvalue weighted by Gasteiger charge is 2.36. The Kier molecular flexibility index (Phi) is 4.00. The third-order valence-electron chi connectivity index (χ3n) is 5.16. The molecule has 0 radical (unpaired) electrons. The van der Waals surface area contributed by atoms with Crippen LogP contribution >= 0.6 is 0 Å². The van der Waals surface area contributed by atoms with Gasteiger partial charge in [0.05, 0.1) is 11.2 Å². The van der Waals surface area contributed by atoms with Gasteiger partial charge in [0.2, 0.25) is 0 Å². The van der Waals surface area contributed by atoms with Gasteiger partial charge in [-0.05, 0) is 29.2 Å². The van der Waals surface area contributed by atoms with E-state index in [0.29, 0.717) is 29.1 Å². The van der Waals surface area contributed by atoms with E-state index < -0.39 is 12.2 Å². The second-order valence-corrected chi connectivity index (χ2v) is 7.92. The number of rotatable bonds is 2. The predicted octanol–water partition coefficient (Wildman–Crippen LogP) is 4.01. The van der Waals surface area contributed by atoms with Gasteiger partial charge < -0.3 is 14.3 Å². The number of fused-ring (bicyclic) bond motifs is 5. The SMILES string of the molecule is CC(C)(C)C1Cn2c(nc3c(OC(F)F)cccc32)-c2[nH]c(=O)c(C#N)cc21. The van der Waals surface area contributed by atoms with Crippen molar-refractivity contribution in [3.8, 4) is 23.3 Å². The van der Waals surface area contributed by atoms with Crippen molar-refractivity contribution < 1.29 is 13.5 Å². The number of imidazole rings is 1. The minimum absolute atomic E-state index is 0.0146. The first-order chi connectivity index (χ1) is 13.2. The number of benzene rings is 1. The third-order valence-corrected chi connectivity index (χ3v) is 5.16. The van der Waals surface area contributed by atoms with E-state index >= 15 is 0 Å². The van der Waals surface area contributed by atoms with E-state index in [0.717, 1.165) is 5.56 Å². The van der Waals surface area contributed by atoms with Crippen LogP contribution in [-0.4, -0.2) is 21.1 Å². The Labute approximate surface area is 159 Å². The molecule has 0 bridgehead atoms. The zero-order valence-electron chi connectivity index (χ0n) is 15.6. The number of H-pyrrole nitrogens is 1. The molecule has 28 heavy (non-hydrogen) atoms. The highest BCUT2D eigenvalue weighted by atomic mass is 19.3. The van der Waals surface area contributed by atoms with Gasteiger partial charge in [0, 0.05) is 12.5 Å². The number of para-hydroxylation sites is 1. The topological polar surface area (TPSA) is 83.7 Å². The van der Waals surface area contributed by atoms with Crippen LogP contribution < -0.4 is 10.3 Å². The van der Waals surface area contributed by atoms with E-state index in [2.05, 4.69) is 35.5 Å². The van der Waals surface area contributed by atoms with Gasteiger partial charge in [0.1, 0.15) is 17.1 Å². The van der Waals surface area contributed by atoms with Gasteiger partial charge in [-0.25, -0.2) is 4.98 Å². The van der Waals surface area contributed by atoms with Crippen LogP contribution in [0.15, 0.2) is 29.1 Å². The average Bonchev–Trinajstić information content (AvgIpc) is 2.99. The molecule has 1 aliphatic rings. The molecule has 1 N–H and O–H groups in total. The summed E-state index contributed by atoms with van der Waals surface area (Å²) in [6.07, 6.45) is 0. The zero-order chi connectivity index (χ0) is 20.2. The van der Waals surface area contributed by atoms with Crippen LogP contribution in [0.3, 0.4) is 0 Å². The van der Waals surface area contributed by atoms with Crippen molar-refractivity contribution >= 4 is 11.0 Å². The first kappa shape index (κ1) is 18.2. The molecule has 1 aliphatic heterocycles. The summed E-state index contributed by atoms with van der Waals surface area (Å²) in [5.41, 5.74) is 1.65. The van der Waals surface area contributed by atoms with Gasteiger partial charge in [0.15, 0.2) is 11.6 Å². The lowest BCUT2D eigenvalue weighted by molar-refractivity contribution is -0.0489. The standard InChI is InChI=1S/C20H18F2N4O2/c1-20(2,3)12-9-26-13-5-4-6-14(28-19(21)22)16(13)24-17(26)15-11(12)7-10(8-23)18(27)25-15/h4-7,12,19H,9H2,1-3H3,(H,25,27). The van der Waals surface area contributed by atoms with E-state index in [1.54, 1.807) is 18.2 Å². The quantitative estimate of drug-likeness (QED) is 0.724. The fourth-order valence-corrected chi connectivity index (χ4v) is 3.80. The van der Waals surface area contributed by atoms with Gasteiger partial charge in [0.25, 0.3) is 5.56 Å². The summed E-state index contributed by atoms with van der Waals surface area (Å²) in [5.74, 6) is 0.438. The monoisotopic (exact) mass is 384 g/mol. The maximum atomic E-state index is 12.8. The summed E-state index contributed by atoms with van der Waals surface area (Å²) in [5, 5.41) is 9.26. The molecular formula is C20H18F2N4O2. The summed E-state index contributed by atoms with van der Waals surface area (Å²) in [4.78, 5) is 19.6. The number of hydrogen-bond donors (Lipinski definition) is 1. The van der Waals surface area contributed by atoms with E-state index in [1.807, 2.05) is 10.6 Å². The molecule has 1 aromatic carbocycles. The molecule has 0 amide bonds. The molecule has 3 aromatic rings. The molecule has 0 aliphatic carbocycles. The number of aromatic nitrogens is 3. The lowest BCUT2D eigenvalue weighted by Gasteiger charge is -2.36. The van der Waals surface area contributed by atoms with E-state index in [9.17, 15) is 18.8 Å². The molecule has 144 valence electrons. The van der Waals surface area contributed by atoms with Gasteiger partial charge in [-0.1, -0.05) is 26.8 Å². The van der Waals surface area contributed by atoms with Crippen molar-refractivity contribution in [3.05, 3.63) is 45.7 Å². The Morgan fingerprint density at radius 2 is 2.14 bits per heavy atom.